The van der Waals surface area contributed by atoms with Crippen molar-refractivity contribution in [3.05, 3.63) is 29.3 Å². The number of rotatable bonds is 4. The third-order valence-corrected chi connectivity index (χ3v) is 4.84. The van der Waals surface area contributed by atoms with Crippen LogP contribution in [0.4, 0.5) is 0 Å². The lowest BCUT2D eigenvalue weighted by Gasteiger charge is -2.52. The van der Waals surface area contributed by atoms with E-state index in [1.807, 2.05) is 0 Å². The van der Waals surface area contributed by atoms with Crippen molar-refractivity contribution in [2.75, 3.05) is 6.54 Å². The first-order valence-electron chi connectivity index (χ1n) is 8.17. The molecule has 1 fully saturated rings. The van der Waals surface area contributed by atoms with Gasteiger partial charge >= 0.3 is 0 Å². The van der Waals surface area contributed by atoms with E-state index in [0.717, 1.165) is 18.7 Å². The first-order valence-corrected chi connectivity index (χ1v) is 8.17. The normalized spacial score (nSPS) is 24.5. The molecule has 118 valence electrons. The molecule has 2 rings (SSSR count). The van der Waals surface area contributed by atoms with Crippen molar-refractivity contribution in [2.45, 2.75) is 72.4 Å². The lowest BCUT2D eigenvalue weighted by atomic mass is 9.64. The predicted molar refractivity (Wildman–Crippen MR) is 90.2 cm³/mol. The lowest BCUT2D eigenvalue weighted by Crippen LogP contribution is -2.62. The molecular formula is C19H31NO. The third kappa shape index (κ3) is 3.26. The van der Waals surface area contributed by atoms with Crippen LogP contribution in [0.25, 0.3) is 0 Å². The van der Waals surface area contributed by atoms with Gasteiger partial charge in [0.1, 0.15) is 11.9 Å². The molecule has 0 aromatic heterocycles. The van der Waals surface area contributed by atoms with Crippen LogP contribution in [-0.2, 0) is 5.41 Å². The van der Waals surface area contributed by atoms with Gasteiger partial charge in [-0.3, -0.25) is 0 Å². The van der Waals surface area contributed by atoms with Crippen LogP contribution in [0, 0.1) is 12.3 Å². The van der Waals surface area contributed by atoms with Crippen molar-refractivity contribution in [1.29, 1.82) is 0 Å². The number of nitrogens with one attached hydrogen (secondary N) is 1. The molecule has 2 unspecified atom stereocenters. The van der Waals surface area contributed by atoms with Crippen LogP contribution in [0.15, 0.2) is 18.2 Å². The van der Waals surface area contributed by atoms with Crippen LogP contribution >= 0.6 is 0 Å². The fourth-order valence-corrected chi connectivity index (χ4v) is 3.18. The van der Waals surface area contributed by atoms with Gasteiger partial charge in [-0.15, -0.1) is 0 Å². The molecule has 1 aliphatic rings. The number of hydrogen-bond donors (Lipinski definition) is 1. The van der Waals surface area contributed by atoms with Gasteiger partial charge in [0.05, 0.1) is 0 Å². The zero-order valence-electron chi connectivity index (χ0n) is 14.7. The first kappa shape index (κ1) is 16.4. The fraction of sp³-hybridized carbons (Fsp3) is 0.684. The summed E-state index contributed by atoms with van der Waals surface area (Å²) in [5.41, 5.74) is 2.86. The fourth-order valence-electron chi connectivity index (χ4n) is 3.18. The Morgan fingerprint density at radius 3 is 2.48 bits per heavy atom. The Morgan fingerprint density at radius 2 is 1.95 bits per heavy atom. The third-order valence-electron chi connectivity index (χ3n) is 4.84. The largest absolute Gasteiger partial charge is 0.489 e. The number of hydrogen-bond acceptors (Lipinski definition) is 2. The first-order chi connectivity index (χ1) is 9.66. The van der Waals surface area contributed by atoms with Crippen molar-refractivity contribution in [1.82, 2.24) is 5.32 Å². The van der Waals surface area contributed by atoms with E-state index in [1.54, 1.807) is 0 Å². The molecule has 21 heavy (non-hydrogen) atoms. The molecule has 0 heterocycles. The molecule has 2 nitrogen and oxygen atoms in total. The molecule has 1 N–H and O–H groups in total. The molecule has 1 aliphatic carbocycles. The maximum absolute atomic E-state index is 6.44. The Labute approximate surface area is 130 Å². The summed E-state index contributed by atoms with van der Waals surface area (Å²) in [5.74, 6) is 1.07. The molecule has 1 aromatic rings. The Morgan fingerprint density at radius 1 is 1.29 bits per heavy atom. The summed E-state index contributed by atoms with van der Waals surface area (Å²) in [4.78, 5) is 0. The minimum absolute atomic E-state index is 0.109. The second kappa shape index (κ2) is 5.64. The Balaban J connectivity index is 2.19. The van der Waals surface area contributed by atoms with E-state index in [-0.39, 0.29) is 10.8 Å². The zero-order valence-corrected chi connectivity index (χ0v) is 14.7. The van der Waals surface area contributed by atoms with Gasteiger partial charge in [-0.2, -0.15) is 0 Å². The van der Waals surface area contributed by atoms with Gasteiger partial charge in [0.2, 0.25) is 0 Å². The van der Waals surface area contributed by atoms with Gasteiger partial charge in [-0.05, 0) is 36.1 Å². The monoisotopic (exact) mass is 289 g/mol. The molecule has 1 saturated carbocycles. The summed E-state index contributed by atoms with van der Waals surface area (Å²) < 4.78 is 6.44. The summed E-state index contributed by atoms with van der Waals surface area (Å²) in [6, 6.07) is 7.16. The topological polar surface area (TPSA) is 21.3 Å². The van der Waals surface area contributed by atoms with Gasteiger partial charge in [-0.1, -0.05) is 53.7 Å². The van der Waals surface area contributed by atoms with Crippen LogP contribution < -0.4 is 10.1 Å². The molecule has 2 atom stereocenters. The second-order valence-corrected chi connectivity index (χ2v) is 8.02. The Bertz CT molecular complexity index is 499. The number of aryl methyl sites for hydroxylation is 1. The van der Waals surface area contributed by atoms with E-state index in [9.17, 15) is 0 Å². The summed E-state index contributed by atoms with van der Waals surface area (Å²) in [7, 11) is 0. The highest BCUT2D eigenvalue weighted by Crippen LogP contribution is 2.44. The van der Waals surface area contributed by atoms with E-state index in [4.69, 9.17) is 4.74 Å². The minimum atomic E-state index is 0.109. The molecule has 0 aliphatic heterocycles. The highest BCUT2D eigenvalue weighted by atomic mass is 16.5. The van der Waals surface area contributed by atoms with Crippen molar-refractivity contribution < 1.29 is 4.74 Å². The highest BCUT2D eigenvalue weighted by Gasteiger charge is 2.49. The SMILES string of the molecule is CCNC1CC(Oc2cc(C)ccc2C(C)(C)C)C1(C)C. The number of benzene rings is 1. The molecular weight excluding hydrogens is 258 g/mol. The number of ether oxygens (including phenoxy) is 1. The van der Waals surface area contributed by atoms with E-state index in [2.05, 4.69) is 72.0 Å². The van der Waals surface area contributed by atoms with Gasteiger partial charge in [0.15, 0.2) is 0 Å². The Hall–Kier alpha value is -1.02. The quantitative estimate of drug-likeness (QED) is 0.884. The average molecular weight is 289 g/mol. The van der Waals surface area contributed by atoms with E-state index in [0.29, 0.717) is 12.1 Å². The smallest absolute Gasteiger partial charge is 0.123 e. The van der Waals surface area contributed by atoms with E-state index < -0.39 is 0 Å². The van der Waals surface area contributed by atoms with Gasteiger partial charge in [-0.25, -0.2) is 0 Å². The second-order valence-electron chi connectivity index (χ2n) is 8.02. The highest BCUT2D eigenvalue weighted by molar-refractivity contribution is 5.41. The summed E-state index contributed by atoms with van der Waals surface area (Å²) in [6.45, 7) is 16.7. The van der Waals surface area contributed by atoms with Crippen molar-refractivity contribution in [3.8, 4) is 5.75 Å². The molecule has 0 saturated heterocycles. The van der Waals surface area contributed by atoms with Crippen molar-refractivity contribution >= 4 is 0 Å². The van der Waals surface area contributed by atoms with Crippen LogP contribution in [0.2, 0.25) is 0 Å². The molecule has 1 aromatic carbocycles. The molecule has 0 amide bonds. The average Bonchev–Trinajstić information content (AvgIpc) is 2.36. The van der Waals surface area contributed by atoms with E-state index >= 15 is 0 Å². The molecule has 2 heteroatoms. The molecule has 0 spiro atoms. The van der Waals surface area contributed by atoms with Gasteiger partial charge in [0.25, 0.3) is 0 Å². The maximum Gasteiger partial charge on any atom is 0.123 e. The summed E-state index contributed by atoms with van der Waals surface area (Å²) >= 11 is 0. The van der Waals surface area contributed by atoms with Crippen LogP contribution in [-0.4, -0.2) is 18.7 Å². The van der Waals surface area contributed by atoms with Crippen LogP contribution in [0.1, 0.15) is 59.1 Å². The summed E-state index contributed by atoms with van der Waals surface area (Å²) in [5, 5.41) is 3.56. The van der Waals surface area contributed by atoms with Crippen LogP contribution in [0.5, 0.6) is 5.75 Å². The summed E-state index contributed by atoms with van der Waals surface area (Å²) in [6.07, 6.45) is 1.39. The predicted octanol–water partition coefficient (Wildman–Crippen LogP) is 4.45. The lowest BCUT2D eigenvalue weighted by molar-refractivity contribution is -0.0549. The molecule has 0 radical (unpaired) electrons. The molecule has 0 bridgehead atoms. The van der Waals surface area contributed by atoms with Crippen LogP contribution in [0.3, 0.4) is 0 Å². The standard InChI is InChI=1S/C19H31NO/c1-8-20-16-12-17(19(16,6)7)21-15-11-13(2)9-10-14(15)18(3,4)5/h9-11,16-17,20H,8,12H2,1-7H3. The van der Waals surface area contributed by atoms with Crippen molar-refractivity contribution in [2.24, 2.45) is 5.41 Å². The zero-order chi connectivity index (χ0) is 15.8. The van der Waals surface area contributed by atoms with Gasteiger partial charge < -0.3 is 10.1 Å². The maximum atomic E-state index is 6.44. The minimum Gasteiger partial charge on any atom is -0.489 e. The van der Waals surface area contributed by atoms with Crippen molar-refractivity contribution in [3.63, 3.8) is 0 Å². The van der Waals surface area contributed by atoms with E-state index in [1.165, 1.54) is 11.1 Å². The van der Waals surface area contributed by atoms with Gasteiger partial charge in [0, 0.05) is 17.9 Å². The Kier molecular flexibility index (Phi) is 4.39.